The lowest BCUT2D eigenvalue weighted by molar-refractivity contribution is 0.398. The summed E-state index contributed by atoms with van der Waals surface area (Å²) >= 11 is 0. The second-order valence-corrected chi connectivity index (χ2v) is 5.37. The predicted octanol–water partition coefficient (Wildman–Crippen LogP) is 2.41. The molecule has 4 nitrogen and oxygen atoms in total. The van der Waals surface area contributed by atoms with E-state index in [0.717, 1.165) is 18.5 Å². The van der Waals surface area contributed by atoms with Crippen LogP contribution in [-0.2, 0) is 6.42 Å². The van der Waals surface area contributed by atoms with E-state index in [4.69, 9.17) is 5.84 Å². The fraction of sp³-hybridized carbons (Fsp3) is 0.375. The number of rotatable bonds is 3. The van der Waals surface area contributed by atoms with E-state index in [2.05, 4.69) is 27.5 Å². The van der Waals surface area contributed by atoms with Gasteiger partial charge in [0.2, 0.25) is 0 Å². The molecular formula is C16H20N4. The van der Waals surface area contributed by atoms with Gasteiger partial charge in [-0.2, -0.15) is 0 Å². The number of fused-ring (bicyclic) bond motifs is 1. The Balaban J connectivity index is 2.01. The van der Waals surface area contributed by atoms with Gasteiger partial charge in [-0.05, 0) is 49.4 Å². The second kappa shape index (κ2) is 5.69. The van der Waals surface area contributed by atoms with Crippen molar-refractivity contribution in [2.45, 2.75) is 38.1 Å². The van der Waals surface area contributed by atoms with Gasteiger partial charge in [-0.1, -0.05) is 12.1 Å². The van der Waals surface area contributed by atoms with E-state index in [-0.39, 0.29) is 6.04 Å². The van der Waals surface area contributed by atoms with E-state index in [9.17, 15) is 0 Å². The summed E-state index contributed by atoms with van der Waals surface area (Å²) in [7, 11) is 0. The number of pyridine rings is 2. The van der Waals surface area contributed by atoms with E-state index >= 15 is 0 Å². The van der Waals surface area contributed by atoms with Gasteiger partial charge in [-0.25, -0.2) is 0 Å². The second-order valence-electron chi connectivity index (χ2n) is 5.37. The molecular weight excluding hydrogens is 248 g/mol. The molecule has 1 aliphatic carbocycles. The lowest BCUT2D eigenvalue weighted by Crippen LogP contribution is -2.35. The van der Waals surface area contributed by atoms with Crippen LogP contribution in [0.25, 0.3) is 0 Å². The van der Waals surface area contributed by atoms with Gasteiger partial charge >= 0.3 is 0 Å². The zero-order chi connectivity index (χ0) is 13.9. The average molecular weight is 268 g/mol. The zero-order valence-corrected chi connectivity index (χ0v) is 11.7. The first-order valence-electron chi connectivity index (χ1n) is 7.12. The van der Waals surface area contributed by atoms with Crippen LogP contribution in [0.2, 0.25) is 0 Å². The summed E-state index contributed by atoms with van der Waals surface area (Å²) in [4.78, 5) is 8.99. The number of hydrogen-bond acceptors (Lipinski definition) is 4. The molecule has 20 heavy (non-hydrogen) atoms. The Bertz CT molecular complexity index is 597. The highest BCUT2D eigenvalue weighted by molar-refractivity contribution is 5.32. The molecule has 3 N–H and O–H groups in total. The molecule has 0 saturated heterocycles. The number of aryl methyl sites for hydroxylation is 2. The fourth-order valence-electron chi connectivity index (χ4n) is 3.22. The van der Waals surface area contributed by atoms with E-state index in [0.29, 0.717) is 5.92 Å². The van der Waals surface area contributed by atoms with Crippen LogP contribution < -0.4 is 11.3 Å². The summed E-state index contributed by atoms with van der Waals surface area (Å²) < 4.78 is 0. The van der Waals surface area contributed by atoms with Crippen molar-refractivity contribution in [3.63, 3.8) is 0 Å². The molecule has 0 bridgehead atoms. The first-order chi connectivity index (χ1) is 9.81. The van der Waals surface area contributed by atoms with Crippen molar-refractivity contribution in [2.24, 2.45) is 5.84 Å². The molecule has 1 aliphatic rings. The quantitative estimate of drug-likeness (QED) is 0.663. The third-order valence-corrected chi connectivity index (χ3v) is 4.20. The minimum atomic E-state index is 0.0673. The summed E-state index contributed by atoms with van der Waals surface area (Å²) in [5.74, 6) is 6.17. The largest absolute Gasteiger partial charge is 0.271 e. The minimum Gasteiger partial charge on any atom is -0.271 e. The van der Waals surface area contributed by atoms with Crippen LogP contribution in [0.1, 0.15) is 47.3 Å². The van der Waals surface area contributed by atoms with Crippen molar-refractivity contribution in [2.75, 3.05) is 0 Å². The Morgan fingerprint density at radius 1 is 1.25 bits per heavy atom. The molecule has 4 heteroatoms. The molecule has 0 aliphatic heterocycles. The van der Waals surface area contributed by atoms with Crippen LogP contribution in [0.15, 0.2) is 36.7 Å². The lowest BCUT2D eigenvalue weighted by Gasteiger charge is -2.31. The molecule has 3 rings (SSSR count). The summed E-state index contributed by atoms with van der Waals surface area (Å²) in [6.07, 6.45) is 7.09. The Labute approximate surface area is 119 Å². The van der Waals surface area contributed by atoms with Crippen molar-refractivity contribution >= 4 is 0 Å². The van der Waals surface area contributed by atoms with E-state index in [1.54, 1.807) is 0 Å². The molecule has 2 atom stereocenters. The molecule has 0 amide bonds. The van der Waals surface area contributed by atoms with Crippen LogP contribution >= 0.6 is 0 Å². The maximum Gasteiger partial charge on any atom is 0.0561 e. The van der Waals surface area contributed by atoms with E-state index < -0.39 is 0 Å². The molecule has 0 radical (unpaired) electrons. The Morgan fingerprint density at radius 3 is 2.85 bits per heavy atom. The molecule has 104 valence electrons. The topological polar surface area (TPSA) is 63.8 Å². The Kier molecular flexibility index (Phi) is 3.76. The van der Waals surface area contributed by atoms with Crippen molar-refractivity contribution < 1.29 is 0 Å². The number of nitrogens with zero attached hydrogens (tertiary/aromatic N) is 2. The normalized spacial score (nSPS) is 19.4. The molecule has 2 aromatic rings. The number of hydrogen-bond donors (Lipinski definition) is 2. The maximum absolute atomic E-state index is 5.86. The van der Waals surface area contributed by atoms with Crippen molar-refractivity contribution in [1.29, 1.82) is 0 Å². The summed E-state index contributed by atoms with van der Waals surface area (Å²) in [5, 5.41) is 0. The Hall–Kier alpha value is -1.78. The highest BCUT2D eigenvalue weighted by Gasteiger charge is 2.30. The van der Waals surface area contributed by atoms with Crippen LogP contribution in [-0.4, -0.2) is 9.97 Å². The smallest absolute Gasteiger partial charge is 0.0561 e. The number of nitrogens with one attached hydrogen (secondary N) is 1. The highest BCUT2D eigenvalue weighted by atomic mass is 15.2. The predicted molar refractivity (Wildman–Crippen MR) is 79.0 cm³/mol. The number of hydrazine groups is 1. The summed E-state index contributed by atoms with van der Waals surface area (Å²) in [5.41, 5.74) is 7.72. The first-order valence-corrected chi connectivity index (χ1v) is 7.12. The fourth-order valence-corrected chi connectivity index (χ4v) is 3.22. The lowest BCUT2D eigenvalue weighted by atomic mass is 9.79. The monoisotopic (exact) mass is 268 g/mol. The van der Waals surface area contributed by atoms with Gasteiger partial charge in [-0.15, -0.1) is 0 Å². The number of aromatic nitrogens is 2. The third kappa shape index (κ3) is 2.32. The van der Waals surface area contributed by atoms with Gasteiger partial charge in [0, 0.05) is 29.7 Å². The van der Waals surface area contributed by atoms with Crippen molar-refractivity contribution in [1.82, 2.24) is 15.4 Å². The zero-order valence-electron chi connectivity index (χ0n) is 11.7. The van der Waals surface area contributed by atoms with Gasteiger partial charge in [0.1, 0.15) is 0 Å². The maximum atomic E-state index is 5.86. The highest BCUT2D eigenvalue weighted by Crippen LogP contribution is 2.39. The molecule has 0 fully saturated rings. The van der Waals surface area contributed by atoms with Crippen LogP contribution in [0.3, 0.4) is 0 Å². The van der Waals surface area contributed by atoms with Crippen molar-refractivity contribution in [3.8, 4) is 0 Å². The van der Waals surface area contributed by atoms with E-state index in [1.165, 1.54) is 23.2 Å². The molecule has 0 saturated carbocycles. The van der Waals surface area contributed by atoms with Crippen LogP contribution in [0, 0.1) is 6.92 Å². The summed E-state index contributed by atoms with van der Waals surface area (Å²) in [6, 6.07) is 8.33. The van der Waals surface area contributed by atoms with E-state index in [1.807, 2.05) is 31.5 Å². The SMILES string of the molecule is Cc1ncccc1C(NN)C1CCCc2cccnc21. The molecule has 2 aromatic heterocycles. The molecule has 0 spiro atoms. The molecule has 2 unspecified atom stereocenters. The number of nitrogens with two attached hydrogens (primary N) is 1. The minimum absolute atomic E-state index is 0.0673. The van der Waals surface area contributed by atoms with Crippen LogP contribution in [0.4, 0.5) is 0 Å². The van der Waals surface area contributed by atoms with Gasteiger partial charge in [0.15, 0.2) is 0 Å². The average Bonchev–Trinajstić information content (AvgIpc) is 2.50. The summed E-state index contributed by atoms with van der Waals surface area (Å²) in [6.45, 7) is 2.03. The standard InChI is InChI=1S/C16H20N4/c1-11-13(8-4-9-18-11)16(20-17)14-7-2-5-12-6-3-10-19-15(12)14/h3-4,6,8-10,14,16,20H,2,5,7,17H2,1H3. The Morgan fingerprint density at radius 2 is 2.05 bits per heavy atom. The third-order valence-electron chi connectivity index (χ3n) is 4.20. The van der Waals surface area contributed by atoms with Gasteiger partial charge in [0.25, 0.3) is 0 Å². The van der Waals surface area contributed by atoms with Gasteiger partial charge < -0.3 is 0 Å². The first kappa shape index (κ1) is 13.2. The van der Waals surface area contributed by atoms with Crippen LogP contribution in [0.5, 0.6) is 0 Å². The molecule has 0 aromatic carbocycles. The van der Waals surface area contributed by atoms with Crippen molar-refractivity contribution in [3.05, 3.63) is 59.2 Å². The molecule has 2 heterocycles. The van der Waals surface area contributed by atoms with Gasteiger partial charge in [0.05, 0.1) is 6.04 Å². The van der Waals surface area contributed by atoms with Gasteiger partial charge in [-0.3, -0.25) is 21.2 Å².